The molecule has 80 valence electrons. The van der Waals surface area contributed by atoms with Gasteiger partial charge in [-0.3, -0.25) is 0 Å². The van der Waals surface area contributed by atoms with Crippen molar-refractivity contribution in [3.05, 3.63) is 28.8 Å². The van der Waals surface area contributed by atoms with E-state index in [1.54, 1.807) is 12.1 Å². The Morgan fingerprint density at radius 1 is 1.53 bits per heavy atom. The molecule has 1 saturated carbocycles. The highest BCUT2D eigenvalue weighted by molar-refractivity contribution is 6.30. The number of benzene rings is 1. The molecule has 2 rings (SSSR count). The quantitative estimate of drug-likeness (QED) is 0.633. The van der Waals surface area contributed by atoms with Crippen LogP contribution in [0.4, 0.5) is 0 Å². The highest BCUT2D eigenvalue weighted by atomic mass is 35.5. The van der Waals surface area contributed by atoms with Gasteiger partial charge in [0, 0.05) is 10.6 Å². The number of rotatable bonds is 4. The number of aromatic hydroxyl groups is 1. The maximum atomic E-state index is 9.45. The number of hydrogen-bond acceptors (Lipinski definition) is 3. The molecule has 3 nitrogen and oxygen atoms in total. The van der Waals surface area contributed by atoms with Gasteiger partial charge in [0.15, 0.2) is 0 Å². The molecule has 1 aliphatic rings. The SMILES string of the molecule is Oc1ccc(Cl)cc1C=NOCC1CC1. The largest absolute Gasteiger partial charge is 0.507 e. The van der Waals surface area contributed by atoms with Crippen molar-refractivity contribution in [3.8, 4) is 5.75 Å². The van der Waals surface area contributed by atoms with Crippen molar-refractivity contribution < 1.29 is 9.94 Å². The van der Waals surface area contributed by atoms with Crippen LogP contribution in [0.3, 0.4) is 0 Å². The summed E-state index contributed by atoms with van der Waals surface area (Å²) in [5.41, 5.74) is 0.568. The zero-order valence-electron chi connectivity index (χ0n) is 8.19. The summed E-state index contributed by atoms with van der Waals surface area (Å²) < 4.78 is 0. The monoisotopic (exact) mass is 225 g/mol. The van der Waals surface area contributed by atoms with E-state index in [1.807, 2.05) is 0 Å². The number of phenolic OH excluding ortho intramolecular Hbond substituents is 1. The third-order valence-corrected chi connectivity index (χ3v) is 2.50. The molecule has 4 heteroatoms. The van der Waals surface area contributed by atoms with Gasteiger partial charge in [-0.25, -0.2) is 0 Å². The van der Waals surface area contributed by atoms with Crippen LogP contribution in [0.2, 0.25) is 5.02 Å². The lowest BCUT2D eigenvalue weighted by molar-refractivity contribution is 0.135. The topological polar surface area (TPSA) is 41.8 Å². The molecule has 0 atom stereocenters. The molecule has 0 aliphatic heterocycles. The zero-order chi connectivity index (χ0) is 10.7. The maximum Gasteiger partial charge on any atom is 0.124 e. The number of oxime groups is 1. The molecule has 1 fully saturated rings. The Labute approximate surface area is 93.3 Å². The molecule has 0 radical (unpaired) electrons. The molecule has 0 amide bonds. The summed E-state index contributed by atoms with van der Waals surface area (Å²) in [5.74, 6) is 0.827. The zero-order valence-corrected chi connectivity index (χ0v) is 8.94. The van der Waals surface area contributed by atoms with E-state index in [2.05, 4.69) is 5.16 Å². The molecule has 0 saturated heterocycles. The maximum absolute atomic E-state index is 9.45. The summed E-state index contributed by atoms with van der Waals surface area (Å²) >= 11 is 5.78. The predicted octanol–water partition coefficient (Wildman–Crippen LogP) is 2.81. The molecule has 1 aromatic rings. The molecule has 0 heterocycles. The molecule has 0 bridgehead atoms. The third-order valence-electron chi connectivity index (χ3n) is 2.26. The summed E-state index contributed by atoms with van der Waals surface area (Å²) in [6.45, 7) is 0.665. The smallest absolute Gasteiger partial charge is 0.124 e. The van der Waals surface area contributed by atoms with Crippen LogP contribution in [0, 0.1) is 5.92 Å². The van der Waals surface area contributed by atoms with Crippen LogP contribution in [-0.2, 0) is 4.84 Å². The first kappa shape index (κ1) is 10.3. The Balaban J connectivity index is 1.92. The van der Waals surface area contributed by atoms with E-state index in [1.165, 1.54) is 25.1 Å². The van der Waals surface area contributed by atoms with Crippen molar-refractivity contribution in [2.24, 2.45) is 11.1 Å². The summed E-state index contributed by atoms with van der Waals surface area (Å²) in [4.78, 5) is 5.07. The standard InChI is InChI=1S/C11H12ClNO2/c12-10-3-4-11(14)9(5-10)6-13-15-7-8-1-2-8/h3-6,8,14H,1-2,7H2. The van der Waals surface area contributed by atoms with Gasteiger partial charge in [0.1, 0.15) is 12.4 Å². The summed E-state index contributed by atoms with van der Waals surface area (Å²) in [5, 5.41) is 13.8. The van der Waals surface area contributed by atoms with Crippen molar-refractivity contribution in [2.45, 2.75) is 12.8 Å². The first-order chi connectivity index (χ1) is 7.25. The molecule has 1 aromatic carbocycles. The van der Waals surface area contributed by atoms with Gasteiger partial charge in [0.2, 0.25) is 0 Å². The number of nitrogens with zero attached hydrogens (tertiary/aromatic N) is 1. The third kappa shape index (κ3) is 3.13. The van der Waals surface area contributed by atoms with Crippen molar-refractivity contribution in [3.63, 3.8) is 0 Å². The predicted molar refractivity (Wildman–Crippen MR) is 59.4 cm³/mol. The van der Waals surface area contributed by atoms with Gasteiger partial charge in [-0.15, -0.1) is 0 Å². The van der Waals surface area contributed by atoms with Gasteiger partial charge < -0.3 is 9.94 Å². The van der Waals surface area contributed by atoms with Crippen molar-refractivity contribution >= 4 is 17.8 Å². The van der Waals surface area contributed by atoms with Crippen LogP contribution in [0.5, 0.6) is 5.75 Å². The average Bonchev–Trinajstić information content (AvgIpc) is 3.01. The highest BCUT2D eigenvalue weighted by Gasteiger charge is 2.21. The number of phenols is 1. The van der Waals surface area contributed by atoms with Crippen LogP contribution < -0.4 is 0 Å². The van der Waals surface area contributed by atoms with E-state index in [0.717, 1.165) is 0 Å². The molecule has 0 spiro atoms. The fourth-order valence-corrected chi connectivity index (χ4v) is 1.34. The Kier molecular flexibility index (Phi) is 3.11. The van der Waals surface area contributed by atoms with E-state index < -0.39 is 0 Å². The lowest BCUT2D eigenvalue weighted by Gasteiger charge is -1.99. The molecule has 0 aromatic heterocycles. The van der Waals surface area contributed by atoms with Crippen LogP contribution in [0.25, 0.3) is 0 Å². The summed E-state index contributed by atoms with van der Waals surface area (Å²) in [6.07, 6.45) is 3.94. The van der Waals surface area contributed by atoms with E-state index >= 15 is 0 Å². The Morgan fingerprint density at radius 2 is 2.33 bits per heavy atom. The van der Waals surface area contributed by atoms with Gasteiger partial charge in [-0.1, -0.05) is 16.8 Å². The van der Waals surface area contributed by atoms with E-state index in [0.29, 0.717) is 23.1 Å². The number of hydrogen-bond donors (Lipinski definition) is 1. The van der Waals surface area contributed by atoms with Crippen LogP contribution in [0.15, 0.2) is 23.4 Å². The molecule has 1 aliphatic carbocycles. The second-order valence-corrected chi connectivity index (χ2v) is 4.11. The minimum absolute atomic E-state index is 0.151. The number of halogens is 1. The second-order valence-electron chi connectivity index (χ2n) is 3.68. The van der Waals surface area contributed by atoms with Gasteiger partial charge in [0.05, 0.1) is 6.21 Å². The van der Waals surface area contributed by atoms with Crippen LogP contribution >= 0.6 is 11.6 Å². The van der Waals surface area contributed by atoms with Crippen LogP contribution in [-0.4, -0.2) is 17.9 Å². The van der Waals surface area contributed by atoms with E-state index in [4.69, 9.17) is 16.4 Å². The lowest BCUT2D eigenvalue weighted by Crippen LogP contribution is -1.90. The van der Waals surface area contributed by atoms with Gasteiger partial charge in [-0.05, 0) is 37.0 Å². The fraction of sp³-hybridized carbons (Fsp3) is 0.364. The minimum atomic E-state index is 0.151. The molecular formula is C11H12ClNO2. The normalized spacial score (nSPS) is 15.8. The van der Waals surface area contributed by atoms with Crippen molar-refractivity contribution in [1.82, 2.24) is 0 Å². The van der Waals surface area contributed by atoms with Gasteiger partial charge in [0.25, 0.3) is 0 Å². The Morgan fingerprint density at radius 3 is 3.07 bits per heavy atom. The minimum Gasteiger partial charge on any atom is -0.507 e. The average molecular weight is 226 g/mol. The Hall–Kier alpha value is -1.22. The molecule has 15 heavy (non-hydrogen) atoms. The molecular weight excluding hydrogens is 214 g/mol. The molecule has 0 unspecified atom stereocenters. The summed E-state index contributed by atoms with van der Waals surface area (Å²) in [7, 11) is 0. The second kappa shape index (κ2) is 4.53. The molecule has 1 N–H and O–H groups in total. The van der Waals surface area contributed by atoms with Gasteiger partial charge >= 0.3 is 0 Å². The summed E-state index contributed by atoms with van der Waals surface area (Å²) in [6, 6.07) is 4.80. The first-order valence-corrected chi connectivity index (χ1v) is 5.27. The van der Waals surface area contributed by atoms with E-state index in [9.17, 15) is 5.11 Å². The van der Waals surface area contributed by atoms with E-state index in [-0.39, 0.29) is 5.75 Å². The fourth-order valence-electron chi connectivity index (χ4n) is 1.16. The van der Waals surface area contributed by atoms with Crippen molar-refractivity contribution in [1.29, 1.82) is 0 Å². The lowest BCUT2D eigenvalue weighted by atomic mass is 10.2. The van der Waals surface area contributed by atoms with Crippen LogP contribution in [0.1, 0.15) is 18.4 Å². The Bertz CT molecular complexity index is 375. The highest BCUT2D eigenvalue weighted by Crippen LogP contribution is 2.28. The van der Waals surface area contributed by atoms with Gasteiger partial charge in [-0.2, -0.15) is 0 Å². The van der Waals surface area contributed by atoms with Crippen molar-refractivity contribution in [2.75, 3.05) is 6.61 Å². The first-order valence-electron chi connectivity index (χ1n) is 4.89.